The monoisotopic (exact) mass is 436 g/mol. The Morgan fingerprint density at radius 1 is 1.25 bits per heavy atom. The summed E-state index contributed by atoms with van der Waals surface area (Å²) in [6.45, 7) is 4.14. The van der Waals surface area contributed by atoms with Crippen molar-refractivity contribution in [2.24, 2.45) is 11.1 Å². The van der Waals surface area contributed by atoms with Gasteiger partial charge in [-0.25, -0.2) is 9.97 Å². The van der Waals surface area contributed by atoms with Crippen LogP contribution in [0.25, 0.3) is 0 Å². The number of rotatable bonds is 4. The standard InChI is InChI=1S/C21H26Cl2N4S/c1-2-15-20(28-16-6-3-5-14(22)19(16)23)25-13-18(26-15)27-11-9-21(10-12-27)8-4-7-17(21)24/h3,5-6,13,17H,2,4,7-12,24H2,1H3/t17-/m1/s1. The van der Waals surface area contributed by atoms with Gasteiger partial charge in [0.05, 0.1) is 21.9 Å². The normalized spacial score (nSPS) is 21.4. The van der Waals surface area contributed by atoms with E-state index in [1.807, 2.05) is 18.3 Å². The number of aryl methyl sites for hydroxylation is 1. The van der Waals surface area contributed by atoms with Gasteiger partial charge in [-0.3, -0.25) is 0 Å². The summed E-state index contributed by atoms with van der Waals surface area (Å²) >= 11 is 14.0. The number of nitrogens with zero attached hydrogens (tertiary/aromatic N) is 3. The lowest BCUT2D eigenvalue weighted by Crippen LogP contribution is -2.47. The van der Waals surface area contributed by atoms with Crippen LogP contribution in [-0.2, 0) is 6.42 Å². The van der Waals surface area contributed by atoms with Crippen LogP contribution in [0.1, 0.15) is 44.7 Å². The molecule has 4 nitrogen and oxygen atoms in total. The molecule has 0 unspecified atom stereocenters. The third-order valence-corrected chi connectivity index (χ3v) is 8.34. The summed E-state index contributed by atoms with van der Waals surface area (Å²) < 4.78 is 0. The summed E-state index contributed by atoms with van der Waals surface area (Å²) in [5, 5.41) is 2.01. The fourth-order valence-corrected chi connectivity index (χ4v) is 5.95. The zero-order chi connectivity index (χ0) is 19.7. The summed E-state index contributed by atoms with van der Waals surface area (Å²) in [6.07, 6.45) is 8.77. The summed E-state index contributed by atoms with van der Waals surface area (Å²) in [5.74, 6) is 0.972. The largest absolute Gasteiger partial charge is 0.355 e. The molecule has 150 valence electrons. The predicted octanol–water partition coefficient (Wildman–Crippen LogP) is 5.59. The van der Waals surface area contributed by atoms with E-state index in [4.69, 9.17) is 38.9 Å². The zero-order valence-corrected chi connectivity index (χ0v) is 18.5. The van der Waals surface area contributed by atoms with Crippen LogP contribution in [0, 0.1) is 5.41 Å². The van der Waals surface area contributed by atoms with Crippen molar-refractivity contribution in [2.45, 2.75) is 61.4 Å². The maximum Gasteiger partial charge on any atom is 0.147 e. The van der Waals surface area contributed by atoms with Gasteiger partial charge in [-0.15, -0.1) is 0 Å². The molecule has 0 radical (unpaired) electrons. The SMILES string of the molecule is CCc1nc(N2CCC3(CCC[C@H]3N)CC2)cnc1Sc1cccc(Cl)c1Cl. The number of halogens is 2. The number of hydrogen-bond acceptors (Lipinski definition) is 5. The molecule has 1 aromatic carbocycles. The Bertz CT molecular complexity index is 852. The summed E-state index contributed by atoms with van der Waals surface area (Å²) in [6, 6.07) is 6.03. The summed E-state index contributed by atoms with van der Waals surface area (Å²) in [7, 11) is 0. The molecule has 1 aliphatic heterocycles. The van der Waals surface area contributed by atoms with Crippen LogP contribution in [0.3, 0.4) is 0 Å². The van der Waals surface area contributed by atoms with Crippen LogP contribution >= 0.6 is 35.0 Å². The molecular weight excluding hydrogens is 411 g/mol. The molecular formula is C21H26Cl2N4S. The summed E-state index contributed by atoms with van der Waals surface area (Å²) in [5.41, 5.74) is 7.78. The minimum absolute atomic E-state index is 0.358. The number of aromatic nitrogens is 2. The van der Waals surface area contributed by atoms with Crippen molar-refractivity contribution in [1.82, 2.24) is 9.97 Å². The van der Waals surface area contributed by atoms with E-state index in [2.05, 4.69) is 11.8 Å². The van der Waals surface area contributed by atoms with E-state index in [1.54, 1.807) is 6.07 Å². The molecule has 28 heavy (non-hydrogen) atoms. The Balaban J connectivity index is 1.50. The molecule has 2 heterocycles. The molecule has 1 aromatic heterocycles. The van der Waals surface area contributed by atoms with Crippen molar-refractivity contribution in [1.29, 1.82) is 0 Å². The van der Waals surface area contributed by atoms with Crippen molar-refractivity contribution in [3.63, 3.8) is 0 Å². The lowest BCUT2D eigenvalue weighted by molar-refractivity contribution is 0.197. The molecule has 7 heteroatoms. The van der Waals surface area contributed by atoms with E-state index in [-0.39, 0.29) is 0 Å². The quantitative estimate of drug-likeness (QED) is 0.675. The van der Waals surface area contributed by atoms with E-state index in [0.29, 0.717) is 21.5 Å². The molecule has 2 aromatic rings. The molecule has 0 amide bonds. The maximum atomic E-state index is 6.42. The maximum absolute atomic E-state index is 6.42. The molecule has 1 aliphatic carbocycles. The number of hydrogen-bond donors (Lipinski definition) is 1. The van der Waals surface area contributed by atoms with Gasteiger partial charge in [0.1, 0.15) is 10.8 Å². The fourth-order valence-electron chi connectivity index (χ4n) is 4.51. The van der Waals surface area contributed by atoms with Gasteiger partial charge in [-0.1, -0.05) is 54.4 Å². The van der Waals surface area contributed by atoms with Gasteiger partial charge in [0.25, 0.3) is 0 Å². The lowest BCUT2D eigenvalue weighted by Gasteiger charge is -2.42. The van der Waals surface area contributed by atoms with Crippen molar-refractivity contribution in [3.05, 3.63) is 40.1 Å². The smallest absolute Gasteiger partial charge is 0.147 e. The van der Waals surface area contributed by atoms with Crippen molar-refractivity contribution >= 4 is 40.8 Å². The molecule has 1 saturated heterocycles. The number of benzene rings is 1. The topological polar surface area (TPSA) is 55.0 Å². The van der Waals surface area contributed by atoms with Gasteiger partial charge in [-0.2, -0.15) is 0 Å². The number of piperidine rings is 1. The highest BCUT2D eigenvalue weighted by Gasteiger charge is 2.43. The molecule has 1 atom stereocenters. The van der Waals surface area contributed by atoms with E-state index >= 15 is 0 Å². The predicted molar refractivity (Wildman–Crippen MR) is 118 cm³/mol. The van der Waals surface area contributed by atoms with Gasteiger partial charge in [0.2, 0.25) is 0 Å². The fraction of sp³-hybridized carbons (Fsp3) is 0.524. The van der Waals surface area contributed by atoms with Gasteiger partial charge in [0, 0.05) is 24.0 Å². The minimum Gasteiger partial charge on any atom is -0.355 e. The molecule has 4 rings (SSSR count). The van der Waals surface area contributed by atoms with Crippen molar-refractivity contribution < 1.29 is 0 Å². The van der Waals surface area contributed by atoms with Gasteiger partial charge < -0.3 is 10.6 Å². The number of anilines is 1. The first-order valence-corrected chi connectivity index (χ1v) is 11.6. The van der Waals surface area contributed by atoms with Crippen LogP contribution in [0.4, 0.5) is 5.82 Å². The third kappa shape index (κ3) is 3.87. The van der Waals surface area contributed by atoms with Crippen LogP contribution in [0.5, 0.6) is 0 Å². The van der Waals surface area contributed by atoms with Gasteiger partial charge in [0.15, 0.2) is 0 Å². The van der Waals surface area contributed by atoms with E-state index in [0.717, 1.165) is 53.8 Å². The molecule has 2 N–H and O–H groups in total. The van der Waals surface area contributed by atoms with Crippen molar-refractivity contribution in [2.75, 3.05) is 18.0 Å². The Kier molecular flexibility index (Phi) is 6.07. The Morgan fingerprint density at radius 2 is 2.04 bits per heavy atom. The Morgan fingerprint density at radius 3 is 2.71 bits per heavy atom. The Labute approximate surface area is 181 Å². The van der Waals surface area contributed by atoms with Crippen LogP contribution in [0.2, 0.25) is 10.0 Å². The first-order chi connectivity index (χ1) is 13.5. The van der Waals surface area contributed by atoms with Crippen LogP contribution in [-0.4, -0.2) is 29.1 Å². The highest BCUT2D eigenvalue weighted by atomic mass is 35.5. The summed E-state index contributed by atoms with van der Waals surface area (Å²) in [4.78, 5) is 12.9. The van der Waals surface area contributed by atoms with Crippen LogP contribution < -0.4 is 10.6 Å². The molecule has 1 saturated carbocycles. The average molecular weight is 437 g/mol. The second kappa shape index (κ2) is 8.39. The number of nitrogens with two attached hydrogens (primary N) is 1. The van der Waals surface area contributed by atoms with Gasteiger partial charge in [-0.05, 0) is 49.7 Å². The first kappa shape index (κ1) is 20.3. The highest BCUT2D eigenvalue weighted by molar-refractivity contribution is 7.99. The molecule has 2 fully saturated rings. The van der Waals surface area contributed by atoms with Crippen molar-refractivity contribution in [3.8, 4) is 0 Å². The second-order valence-electron chi connectivity index (χ2n) is 7.84. The highest BCUT2D eigenvalue weighted by Crippen LogP contribution is 2.46. The van der Waals surface area contributed by atoms with Crippen LogP contribution in [0.15, 0.2) is 34.3 Å². The Hall–Kier alpha value is -1.01. The van der Waals surface area contributed by atoms with E-state index < -0.39 is 0 Å². The molecule has 1 spiro atoms. The average Bonchev–Trinajstić information content (AvgIpc) is 3.06. The molecule has 0 bridgehead atoms. The molecule has 2 aliphatic rings. The first-order valence-electron chi connectivity index (χ1n) is 10.0. The van der Waals surface area contributed by atoms with Gasteiger partial charge >= 0.3 is 0 Å². The third-order valence-electron chi connectivity index (χ3n) is 6.31. The van der Waals surface area contributed by atoms with E-state index in [1.165, 1.54) is 31.0 Å². The lowest BCUT2D eigenvalue weighted by atomic mass is 9.74. The van der Waals surface area contributed by atoms with E-state index in [9.17, 15) is 0 Å². The zero-order valence-electron chi connectivity index (χ0n) is 16.1. The second-order valence-corrected chi connectivity index (χ2v) is 9.65. The minimum atomic E-state index is 0.358.